The average molecular weight is 341 g/mol. The van der Waals surface area contributed by atoms with Crippen molar-refractivity contribution >= 4 is 0 Å². The highest BCUT2D eigenvalue weighted by Crippen LogP contribution is 2.37. The van der Waals surface area contributed by atoms with Crippen molar-refractivity contribution in [2.75, 3.05) is 6.61 Å². The standard InChI is InChI=1S/C20H27N3O2/c1-20(2)10-14-5-4-6-15(19(14)25-20)11-22-16-7-8-24-18(9-16)17-12-21-13-23(17)3/h4-6,12-13,16,18,22H,7-11H2,1-3H3/t16-,18+/m0/s1. The highest BCUT2D eigenvalue weighted by molar-refractivity contribution is 5.45. The van der Waals surface area contributed by atoms with Crippen molar-refractivity contribution in [1.29, 1.82) is 0 Å². The Labute approximate surface area is 149 Å². The molecule has 2 aromatic rings. The number of benzene rings is 1. The summed E-state index contributed by atoms with van der Waals surface area (Å²) in [7, 11) is 2.02. The maximum atomic E-state index is 6.18. The molecule has 2 aliphatic rings. The van der Waals surface area contributed by atoms with Crippen LogP contribution in [0.2, 0.25) is 0 Å². The molecule has 1 aromatic heterocycles. The molecule has 2 atom stereocenters. The second kappa shape index (κ2) is 6.46. The van der Waals surface area contributed by atoms with E-state index in [-0.39, 0.29) is 11.7 Å². The lowest BCUT2D eigenvalue weighted by Crippen LogP contribution is -2.36. The molecule has 0 amide bonds. The molecule has 4 rings (SSSR count). The Kier molecular flexibility index (Phi) is 4.29. The van der Waals surface area contributed by atoms with Crippen LogP contribution in [0.3, 0.4) is 0 Å². The predicted octanol–water partition coefficient (Wildman–Crippen LogP) is 3.14. The first-order valence-electron chi connectivity index (χ1n) is 9.13. The van der Waals surface area contributed by atoms with Gasteiger partial charge in [-0.15, -0.1) is 0 Å². The van der Waals surface area contributed by atoms with E-state index < -0.39 is 0 Å². The number of para-hydroxylation sites is 1. The van der Waals surface area contributed by atoms with Gasteiger partial charge in [0.15, 0.2) is 0 Å². The van der Waals surface area contributed by atoms with E-state index in [4.69, 9.17) is 9.47 Å². The van der Waals surface area contributed by atoms with Gasteiger partial charge in [-0.2, -0.15) is 0 Å². The van der Waals surface area contributed by atoms with E-state index in [1.165, 1.54) is 11.1 Å². The van der Waals surface area contributed by atoms with Crippen molar-refractivity contribution < 1.29 is 9.47 Å². The van der Waals surface area contributed by atoms with Gasteiger partial charge in [0.2, 0.25) is 0 Å². The topological polar surface area (TPSA) is 48.3 Å². The second-order valence-electron chi connectivity index (χ2n) is 7.83. The van der Waals surface area contributed by atoms with Gasteiger partial charge in [0.25, 0.3) is 0 Å². The SMILES string of the molecule is Cn1cncc1[C@H]1C[C@@H](NCc2cccc3c2OC(C)(C)C3)CCO1. The number of rotatable bonds is 4. The highest BCUT2D eigenvalue weighted by Gasteiger charge is 2.32. The molecule has 3 heterocycles. The lowest BCUT2D eigenvalue weighted by Gasteiger charge is -2.30. The quantitative estimate of drug-likeness (QED) is 0.928. The molecular formula is C20H27N3O2. The first-order chi connectivity index (χ1) is 12.0. The maximum absolute atomic E-state index is 6.18. The van der Waals surface area contributed by atoms with E-state index in [0.29, 0.717) is 6.04 Å². The Morgan fingerprint density at radius 1 is 1.36 bits per heavy atom. The van der Waals surface area contributed by atoms with Gasteiger partial charge < -0.3 is 19.4 Å². The zero-order valence-electron chi connectivity index (χ0n) is 15.3. The molecule has 1 saturated heterocycles. The largest absolute Gasteiger partial charge is 0.487 e. The maximum Gasteiger partial charge on any atom is 0.127 e. The Morgan fingerprint density at radius 2 is 2.24 bits per heavy atom. The van der Waals surface area contributed by atoms with Crippen LogP contribution in [0.15, 0.2) is 30.7 Å². The third kappa shape index (κ3) is 3.44. The second-order valence-corrected chi connectivity index (χ2v) is 7.83. The average Bonchev–Trinajstić information content (AvgIpc) is 3.14. The summed E-state index contributed by atoms with van der Waals surface area (Å²) < 4.78 is 14.2. The molecule has 134 valence electrons. The van der Waals surface area contributed by atoms with Crippen LogP contribution >= 0.6 is 0 Å². The lowest BCUT2D eigenvalue weighted by molar-refractivity contribution is -0.00408. The van der Waals surface area contributed by atoms with E-state index >= 15 is 0 Å². The number of hydrogen-bond donors (Lipinski definition) is 1. The minimum atomic E-state index is -0.0955. The molecule has 0 spiro atoms. The van der Waals surface area contributed by atoms with Crippen molar-refractivity contribution in [3.63, 3.8) is 0 Å². The fourth-order valence-corrected chi connectivity index (χ4v) is 3.94. The Hall–Kier alpha value is -1.85. The van der Waals surface area contributed by atoms with Gasteiger partial charge >= 0.3 is 0 Å². The van der Waals surface area contributed by atoms with Crippen LogP contribution in [0.5, 0.6) is 5.75 Å². The van der Waals surface area contributed by atoms with Crippen molar-refractivity contribution in [3.8, 4) is 5.75 Å². The lowest BCUT2D eigenvalue weighted by atomic mass is 9.99. The van der Waals surface area contributed by atoms with Crippen molar-refractivity contribution in [3.05, 3.63) is 47.5 Å². The minimum absolute atomic E-state index is 0.0955. The number of nitrogens with zero attached hydrogens (tertiary/aromatic N) is 2. The molecule has 1 N–H and O–H groups in total. The molecule has 0 saturated carbocycles. The minimum Gasteiger partial charge on any atom is -0.487 e. The smallest absolute Gasteiger partial charge is 0.127 e. The molecule has 0 radical (unpaired) electrons. The van der Waals surface area contributed by atoms with Gasteiger partial charge in [-0.1, -0.05) is 18.2 Å². The molecular weight excluding hydrogens is 314 g/mol. The molecule has 5 nitrogen and oxygen atoms in total. The Bertz CT molecular complexity index is 753. The molecule has 5 heteroatoms. The van der Waals surface area contributed by atoms with Gasteiger partial charge in [0.1, 0.15) is 17.5 Å². The Balaban J connectivity index is 1.41. The van der Waals surface area contributed by atoms with E-state index in [2.05, 4.69) is 42.3 Å². The molecule has 2 aliphatic heterocycles. The zero-order valence-corrected chi connectivity index (χ0v) is 15.3. The van der Waals surface area contributed by atoms with Crippen LogP contribution < -0.4 is 10.1 Å². The summed E-state index contributed by atoms with van der Waals surface area (Å²) in [6.45, 7) is 5.92. The van der Waals surface area contributed by atoms with Crippen molar-refractivity contribution in [1.82, 2.24) is 14.9 Å². The normalized spacial score (nSPS) is 24.8. The van der Waals surface area contributed by atoms with Crippen LogP contribution in [0.4, 0.5) is 0 Å². The third-order valence-corrected chi connectivity index (χ3v) is 5.22. The summed E-state index contributed by atoms with van der Waals surface area (Å²) in [5.41, 5.74) is 3.63. The van der Waals surface area contributed by atoms with Gasteiger partial charge in [-0.25, -0.2) is 4.98 Å². The molecule has 1 aromatic carbocycles. The fraction of sp³-hybridized carbons (Fsp3) is 0.550. The summed E-state index contributed by atoms with van der Waals surface area (Å²) in [5, 5.41) is 3.72. The van der Waals surface area contributed by atoms with Crippen LogP contribution in [0, 0.1) is 0 Å². The van der Waals surface area contributed by atoms with Gasteiger partial charge in [-0.3, -0.25) is 0 Å². The molecule has 1 fully saturated rings. The van der Waals surface area contributed by atoms with Crippen LogP contribution in [-0.4, -0.2) is 27.8 Å². The highest BCUT2D eigenvalue weighted by atomic mass is 16.5. The molecule has 25 heavy (non-hydrogen) atoms. The summed E-state index contributed by atoms with van der Waals surface area (Å²) >= 11 is 0. The fourth-order valence-electron chi connectivity index (χ4n) is 3.94. The summed E-state index contributed by atoms with van der Waals surface area (Å²) in [5.74, 6) is 1.08. The van der Waals surface area contributed by atoms with Crippen molar-refractivity contribution in [2.24, 2.45) is 7.05 Å². The third-order valence-electron chi connectivity index (χ3n) is 5.22. The van der Waals surface area contributed by atoms with Gasteiger partial charge in [-0.05, 0) is 32.3 Å². The van der Waals surface area contributed by atoms with Crippen LogP contribution in [0.25, 0.3) is 0 Å². The number of ether oxygens (including phenoxy) is 2. The number of aromatic nitrogens is 2. The van der Waals surface area contributed by atoms with Gasteiger partial charge in [0.05, 0.1) is 18.2 Å². The first-order valence-corrected chi connectivity index (χ1v) is 9.13. The van der Waals surface area contributed by atoms with E-state index in [1.54, 1.807) is 0 Å². The van der Waals surface area contributed by atoms with E-state index in [1.807, 2.05) is 24.1 Å². The number of imidazole rings is 1. The number of nitrogens with one attached hydrogen (secondary N) is 1. The first kappa shape index (κ1) is 16.6. The van der Waals surface area contributed by atoms with E-state index in [9.17, 15) is 0 Å². The Morgan fingerprint density at radius 3 is 3.04 bits per heavy atom. The zero-order chi connectivity index (χ0) is 17.4. The molecule has 0 bridgehead atoms. The van der Waals surface area contributed by atoms with Gasteiger partial charge in [0, 0.05) is 38.2 Å². The monoisotopic (exact) mass is 341 g/mol. The number of fused-ring (bicyclic) bond motifs is 1. The summed E-state index contributed by atoms with van der Waals surface area (Å²) in [4.78, 5) is 4.21. The van der Waals surface area contributed by atoms with E-state index in [0.717, 1.165) is 43.9 Å². The number of hydrogen-bond acceptors (Lipinski definition) is 4. The molecule has 0 unspecified atom stereocenters. The van der Waals surface area contributed by atoms with Crippen LogP contribution in [-0.2, 0) is 24.8 Å². The van der Waals surface area contributed by atoms with Crippen LogP contribution in [0.1, 0.15) is 49.6 Å². The number of aryl methyl sites for hydroxylation is 1. The predicted molar refractivity (Wildman–Crippen MR) is 96.6 cm³/mol. The summed E-state index contributed by atoms with van der Waals surface area (Å²) in [6, 6.07) is 6.94. The summed E-state index contributed by atoms with van der Waals surface area (Å²) in [6.07, 6.45) is 6.86. The molecule has 0 aliphatic carbocycles. The van der Waals surface area contributed by atoms with Crippen molar-refractivity contribution in [2.45, 2.75) is 57.4 Å².